The number of hydrogen-bond donors (Lipinski definition) is 2. The summed E-state index contributed by atoms with van der Waals surface area (Å²) >= 11 is 1.72. The van der Waals surface area contributed by atoms with E-state index in [9.17, 15) is 9.59 Å². The topological polar surface area (TPSA) is 69.6 Å². The van der Waals surface area contributed by atoms with Crippen molar-refractivity contribution in [1.29, 1.82) is 0 Å². The molecule has 0 bridgehead atoms. The monoisotopic (exact) mass is 310 g/mol. The quantitative estimate of drug-likeness (QED) is 0.839. The first kappa shape index (κ1) is 16.0. The number of carbonyl (C=O) groups is 2. The van der Waals surface area contributed by atoms with Crippen LogP contribution in [0.15, 0.2) is 12.1 Å². The van der Waals surface area contributed by atoms with Crippen molar-refractivity contribution in [2.45, 2.75) is 32.7 Å². The number of amides is 1. The minimum Gasteiger partial charge on any atom is -0.481 e. The van der Waals surface area contributed by atoms with Gasteiger partial charge in [0.15, 0.2) is 0 Å². The van der Waals surface area contributed by atoms with Crippen LogP contribution in [0.25, 0.3) is 0 Å². The third-order valence-corrected chi connectivity index (χ3v) is 4.98. The summed E-state index contributed by atoms with van der Waals surface area (Å²) in [5.74, 6) is -1.13. The molecule has 5 nitrogen and oxygen atoms in total. The summed E-state index contributed by atoms with van der Waals surface area (Å²) in [6.45, 7) is 4.23. The molecule has 1 aliphatic rings. The molecule has 1 saturated heterocycles. The van der Waals surface area contributed by atoms with Crippen molar-refractivity contribution >= 4 is 23.2 Å². The first-order chi connectivity index (χ1) is 10.1. The Balaban J connectivity index is 1.75. The molecule has 2 N–H and O–H groups in total. The summed E-state index contributed by atoms with van der Waals surface area (Å²) in [4.78, 5) is 27.4. The molecule has 1 amide bonds. The lowest BCUT2D eigenvalue weighted by atomic mass is 9.98. The number of rotatable bonds is 6. The lowest BCUT2D eigenvalue weighted by molar-refractivity contribution is -0.144. The minimum absolute atomic E-state index is 0.0347. The van der Waals surface area contributed by atoms with E-state index in [2.05, 4.69) is 18.3 Å². The van der Waals surface area contributed by atoms with Crippen molar-refractivity contribution < 1.29 is 14.7 Å². The van der Waals surface area contributed by atoms with E-state index < -0.39 is 5.97 Å². The molecule has 0 saturated carbocycles. The van der Waals surface area contributed by atoms with Crippen molar-refractivity contribution in [1.82, 2.24) is 10.2 Å². The van der Waals surface area contributed by atoms with Crippen LogP contribution in [-0.4, -0.2) is 41.5 Å². The van der Waals surface area contributed by atoms with Crippen molar-refractivity contribution in [2.75, 3.05) is 19.6 Å². The molecule has 0 aliphatic carbocycles. The maximum Gasteiger partial charge on any atom is 0.307 e. The first-order valence-electron chi connectivity index (χ1n) is 7.38. The summed E-state index contributed by atoms with van der Waals surface area (Å²) in [5.41, 5.74) is 0. The molecule has 1 aromatic heterocycles. The van der Waals surface area contributed by atoms with Crippen LogP contribution in [0.4, 0.5) is 0 Å². The predicted octanol–water partition coefficient (Wildman–Crippen LogP) is 1.72. The summed E-state index contributed by atoms with van der Waals surface area (Å²) in [7, 11) is 0. The Morgan fingerprint density at radius 1 is 1.43 bits per heavy atom. The van der Waals surface area contributed by atoms with Gasteiger partial charge in [0.25, 0.3) is 0 Å². The van der Waals surface area contributed by atoms with Gasteiger partial charge in [-0.25, -0.2) is 0 Å². The number of carboxylic acids is 1. The fraction of sp³-hybridized carbons (Fsp3) is 0.600. The van der Waals surface area contributed by atoms with Crippen molar-refractivity contribution in [2.24, 2.45) is 5.92 Å². The Kier molecular flexibility index (Phi) is 5.76. The highest BCUT2D eigenvalue weighted by atomic mass is 32.1. The average Bonchev–Trinajstić information content (AvgIpc) is 2.93. The zero-order chi connectivity index (χ0) is 15.2. The van der Waals surface area contributed by atoms with E-state index in [0.29, 0.717) is 19.5 Å². The number of carbonyl (C=O) groups excluding carboxylic acids is 1. The fourth-order valence-electron chi connectivity index (χ4n) is 2.55. The molecule has 6 heteroatoms. The number of nitrogens with one attached hydrogen (secondary N) is 1. The van der Waals surface area contributed by atoms with E-state index in [1.54, 1.807) is 11.3 Å². The van der Waals surface area contributed by atoms with Crippen LogP contribution in [0, 0.1) is 5.92 Å². The maximum absolute atomic E-state index is 11.9. The summed E-state index contributed by atoms with van der Waals surface area (Å²) in [6.07, 6.45) is 2.57. The molecule has 2 heterocycles. The largest absolute Gasteiger partial charge is 0.481 e. The molecular formula is C15H22N2O3S. The van der Waals surface area contributed by atoms with E-state index in [4.69, 9.17) is 5.11 Å². The van der Waals surface area contributed by atoms with E-state index >= 15 is 0 Å². The third-order valence-electron chi connectivity index (χ3n) is 3.75. The number of piperidine rings is 1. The van der Waals surface area contributed by atoms with Crippen molar-refractivity contribution in [3.63, 3.8) is 0 Å². The zero-order valence-electron chi connectivity index (χ0n) is 12.3. The van der Waals surface area contributed by atoms with Gasteiger partial charge in [-0.2, -0.15) is 0 Å². The van der Waals surface area contributed by atoms with Gasteiger partial charge in [0.1, 0.15) is 0 Å². The van der Waals surface area contributed by atoms with Gasteiger partial charge >= 0.3 is 5.97 Å². The van der Waals surface area contributed by atoms with Crippen LogP contribution in [-0.2, 0) is 22.6 Å². The molecule has 2 rings (SSSR count). The van der Waals surface area contributed by atoms with Crippen LogP contribution in [0.2, 0.25) is 0 Å². The highest BCUT2D eigenvalue weighted by molar-refractivity contribution is 7.11. The number of carboxylic acid groups (broad SMARTS) is 1. The first-order valence-corrected chi connectivity index (χ1v) is 8.19. The Labute approximate surface area is 129 Å². The fourth-order valence-corrected chi connectivity index (χ4v) is 3.45. The Bertz CT molecular complexity index is 501. The van der Waals surface area contributed by atoms with E-state index in [0.717, 1.165) is 24.3 Å². The molecule has 0 spiro atoms. The average molecular weight is 310 g/mol. The van der Waals surface area contributed by atoms with Gasteiger partial charge in [0.05, 0.1) is 19.0 Å². The maximum atomic E-state index is 11.9. The third kappa shape index (κ3) is 4.82. The highest BCUT2D eigenvalue weighted by Crippen LogP contribution is 2.17. The lowest BCUT2D eigenvalue weighted by Crippen LogP contribution is -2.44. The second-order valence-electron chi connectivity index (χ2n) is 5.41. The SMILES string of the molecule is CCc1ccc(CNC(=O)CN2CCCC(C(=O)O)C2)s1. The van der Waals surface area contributed by atoms with Gasteiger partial charge in [-0.3, -0.25) is 14.5 Å². The van der Waals surface area contributed by atoms with E-state index in [1.807, 2.05) is 11.0 Å². The normalized spacial score (nSPS) is 19.4. The molecule has 0 radical (unpaired) electrons. The van der Waals surface area contributed by atoms with Gasteiger partial charge in [0.2, 0.25) is 5.91 Å². The van der Waals surface area contributed by atoms with Crippen LogP contribution < -0.4 is 5.32 Å². The number of hydrogen-bond acceptors (Lipinski definition) is 4. The van der Waals surface area contributed by atoms with Crippen LogP contribution in [0.3, 0.4) is 0 Å². The molecule has 1 aromatic rings. The Hall–Kier alpha value is -1.40. The molecular weight excluding hydrogens is 288 g/mol. The number of thiophene rings is 1. The standard InChI is InChI=1S/C15H22N2O3S/c1-2-12-5-6-13(21-12)8-16-14(18)10-17-7-3-4-11(9-17)15(19)20/h5-6,11H,2-4,7-10H2,1H3,(H,16,18)(H,19,20). The van der Waals surface area contributed by atoms with Crippen LogP contribution in [0.1, 0.15) is 29.5 Å². The van der Waals surface area contributed by atoms with Gasteiger partial charge in [-0.15, -0.1) is 11.3 Å². The number of likely N-dealkylation sites (tertiary alicyclic amines) is 1. The summed E-state index contributed by atoms with van der Waals surface area (Å²) < 4.78 is 0. The zero-order valence-corrected chi connectivity index (χ0v) is 13.1. The number of aryl methyl sites for hydroxylation is 1. The van der Waals surface area contributed by atoms with Crippen LogP contribution in [0.5, 0.6) is 0 Å². The molecule has 1 atom stereocenters. The van der Waals surface area contributed by atoms with Gasteiger partial charge in [-0.05, 0) is 37.9 Å². The Morgan fingerprint density at radius 2 is 2.19 bits per heavy atom. The number of nitrogens with zero attached hydrogens (tertiary/aromatic N) is 1. The molecule has 116 valence electrons. The minimum atomic E-state index is -0.759. The van der Waals surface area contributed by atoms with E-state index in [1.165, 1.54) is 4.88 Å². The van der Waals surface area contributed by atoms with Crippen LogP contribution >= 0.6 is 11.3 Å². The van der Waals surface area contributed by atoms with Crippen molar-refractivity contribution in [3.05, 3.63) is 21.9 Å². The smallest absolute Gasteiger partial charge is 0.307 e. The molecule has 1 unspecified atom stereocenters. The van der Waals surface area contributed by atoms with E-state index in [-0.39, 0.29) is 18.4 Å². The van der Waals surface area contributed by atoms with Gasteiger partial charge in [0, 0.05) is 16.3 Å². The van der Waals surface area contributed by atoms with Gasteiger partial charge < -0.3 is 10.4 Å². The predicted molar refractivity (Wildman–Crippen MR) is 82.3 cm³/mol. The summed E-state index contributed by atoms with van der Waals surface area (Å²) in [6, 6.07) is 4.14. The Morgan fingerprint density at radius 3 is 2.86 bits per heavy atom. The molecule has 1 fully saturated rings. The number of aliphatic carboxylic acids is 1. The molecule has 1 aliphatic heterocycles. The van der Waals surface area contributed by atoms with Crippen molar-refractivity contribution in [3.8, 4) is 0 Å². The second kappa shape index (κ2) is 7.56. The summed E-state index contributed by atoms with van der Waals surface area (Å²) in [5, 5.41) is 12.0. The molecule has 0 aromatic carbocycles. The highest BCUT2D eigenvalue weighted by Gasteiger charge is 2.26. The molecule has 21 heavy (non-hydrogen) atoms. The lowest BCUT2D eigenvalue weighted by Gasteiger charge is -2.29. The van der Waals surface area contributed by atoms with Gasteiger partial charge in [-0.1, -0.05) is 6.92 Å². The second-order valence-corrected chi connectivity index (χ2v) is 6.66.